The van der Waals surface area contributed by atoms with Gasteiger partial charge in [0.1, 0.15) is 5.75 Å². The number of aliphatic hydroxyl groups is 1. The number of morpholine rings is 1. The zero-order valence-corrected chi connectivity index (χ0v) is 11.8. The van der Waals surface area contributed by atoms with Gasteiger partial charge in [0.25, 0.3) is 6.04 Å². The van der Waals surface area contributed by atoms with Gasteiger partial charge in [-0.3, -0.25) is 10.1 Å². The standard InChI is InChI=1S/C14H18N2O5/c1-14(9-17)13(16(18)19)11-3-2-10(8-12(11)21-14)15-4-6-20-7-5-15/h2-3,8,13,17H,4-7,9H2,1H3. The van der Waals surface area contributed by atoms with Crippen molar-refractivity contribution in [2.24, 2.45) is 0 Å². The molecule has 0 bridgehead atoms. The number of hydrogen-bond donors (Lipinski definition) is 1. The molecule has 2 heterocycles. The second kappa shape index (κ2) is 5.16. The van der Waals surface area contributed by atoms with Gasteiger partial charge in [-0.15, -0.1) is 0 Å². The normalized spacial score (nSPS) is 28.1. The summed E-state index contributed by atoms with van der Waals surface area (Å²) in [5, 5.41) is 20.8. The van der Waals surface area contributed by atoms with E-state index in [1.807, 2.05) is 12.1 Å². The molecule has 1 fully saturated rings. The van der Waals surface area contributed by atoms with Crippen LogP contribution in [0.15, 0.2) is 18.2 Å². The van der Waals surface area contributed by atoms with Crippen LogP contribution in [0.25, 0.3) is 0 Å². The SMILES string of the molecule is CC1(CO)Oc2cc(N3CCOCC3)ccc2C1[N+](=O)[O-]. The van der Waals surface area contributed by atoms with Crippen molar-refractivity contribution >= 4 is 5.69 Å². The Balaban J connectivity index is 1.94. The van der Waals surface area contributed by atoms with Crippen LogP contribution in [-0.4, -0.2) is 48.5 Å². The average molecular weight is 294 g/mol. The highest BCUT2D eigenvalue weighted by atomic mass is 16.6. The molecule has 0 aromatic heterocycles. The summed E-state index contributed by atoms with van der Waals surface area (Å²) < 4.78 is 11.0. The molecule has 21 heavy (non-hydrogen) atoms. The van der Waals surface area contributed by atoms with Crippen molar-refractivity contribution in [2.75, 3.05) is 37.8 Å². The summed E-state index contributed by atoms with van der Waals surface area (Å²) in [4.78, 5) is 13.1. The van der Waals surface area contributed by atoms with Crippen LogP contribution < -0.4 is 9.64 Å². The van der Waals surface area contributed by atoms with Crippen molar-refractivity contribution in [1.82, 2.24) is 0 Å². The molecule has 7 heteroatoms. The van der Waals surface area contributed by atoms with E-state index < -0.39 is 23.2 Å². The van der Waals surface area contributed by atoms with E-state index in [0.717, 1.165) is 18.8 Å². The Morgan fingerprint density at radius 3 is 2.81 bits per heavy atom. The monoisotopic (exact) mass is 294 g/mol. The third-order valence-electron chi connectivity index (χ3n) is 4.11. The third kappa shape index (κ3) is 2.32. The van der Waals surface area contributed by atoms with E-state index in [1.54, 1.807) is 13.0 Å². The summed E-state index contributed by atoms with van der Waals surface area (Å²) >= 11 is 0. The van der Waals surface area contributed by atoms with Crippen molar-refractivity contribution in [3.63, 3.8) is 0 Å². The Morgan fingerprint density at radius 2 is 2.19 bits per heavy atom. The van der Waals surface area contributed by atoms with Gasteiger partial charge < -0.3 is 19.5 Å². The second-order valence-corrected chi connectivity index (χ2v) is 5.58. The highest BCUT2D eigenvalue weighted by Gasteiger charge is 2.53. The lowest BCUT2D eigenvalue weighted by Gasteiger charge is -2.29. The van der Waals surface area contributed by atoms with Crippen molar-refractivity contribution in [3.05, 3.63) is 33.9 Å². The van der Waals surface area contributed by atoms with Crippen LogP contribution in [0, 0.1) is 10.1 Å². The molecule has 0 spiro atoms. The molecule has 0 amide bonds. The molecule has 2 unspecified atom stereocenters. The number of nitrogens with zero attached hydrogens (tertiary/aromatic N) is 2. The van der Waals surface area contributed by atoms with E-state index in [2.05, 4.69) is 4.90 Å². The topological polar surface area (TPSA) is 85.1 Å². The Labute approximate surface area is 122 Å². The lowest BCUT2D eigenvalue weighted by Crippen LogP contribution is -2.41. The Bertz CT molecular complexity index is 558. The summed E-state index contributed by atoms with van der Waals surface area (Å²) in [7, 11) is 0. The van der Waals surface area contributed by atoms with Gasteiger partial charge >= 0.3 is 0 Å². The largest absolute Gasteiger partial charge is 0.477 e. The quantitative estimate of drug-likeness (QED) is 0.661. The van der Waals surface area contributed by atoms with E-state index in [1.165, 1.54) is 0 Å². The van der Waals surface area contributed by atoms with E-state index in [0.29, 0.717) is 24.5 Å². The predicted molar refractivity (Wildman–Crippen MR) is 75.3 cm³/mol. The number of benzene rings is 1. The van der Waals surface area contributed by atoms with Gasteiger partial charge in [-0.2, -0.15) is 0 Å². The summed E-state index contributed by atoms with van der Waals surface area (Å²) in [6, 6.07) is 4.37. The lowest BCUT2D eigenvalue weighted by molar-refractivity contribution is -0.545. The zero-order chi connectivity index (χ0) is 15.0. The van der Waals surface area contributed by atoms with Crippen molar-refractivity contribution in [2.45, 2.75) is 18.6 Å². The molecule has 1 N–H and O–H groups in total. The molecule has 1 saturated heterocycles. The van der Waals surface area contributed by atoms with Crippen LogP contribution in [0.1, 0.15) is 18.5 Å². The maximum Gasteiger partial charge on any atom is 0.282 e. The summed E-state index contributed by atoms with van der Waals surface area (Å²) in [6.07, 6.45) is 0. The number of rotatable bonds is 3. The molecule has 0 aliphatic carbocycles. The fourth-order valence-electron chi connectivity index (χ4n) is 2.95. The number of aliphatic hydroxyl groups excluding tert-OH is 1. The first-order valence-corrected chi connectivity index (χ1v) is 6.95. The van der Waals surface area contributed by atoms with E-state index in [9.17, 15) is 15.2 Å². The molecule has 7 nitrogen and oxygen atoms in total. The smallest absolute Gasteiger partial charge is 0.282 e. The summed E-state index contributed by atoms with van der Waals surface area (Å²) in [5.41, 5.74) is 0.269. The number of hydrogen-bond acceptors (Lipinski definition) is 6. The minimum atomic E-state index is -1.21. The molecule has 0 saturated carbocycles. The third-order valence-corrected chi connectivity index (χ3v) is 4.11. The van der Waals surface area contributed by atoms with Crippen LogP contribution in [0.2, 0.25) is 0 Å². The molecule has 0 radical (unpaired) electrons. The van der Waals surface area contributed by atoms with Gasteiger partial charge in [-0.1, -0.05) is 0 Å². The van der Waals surface area contributed by atoms with Gasteiger partial charge in [0.15, 0.2) is 0 Å². The molecule has 2 atom stereocenters. The van der Waals surface area contributed by atoms with Crippen molar-refractivity contribution in [3.8, 4) is 5.75 Å². The van der Waals surface area contributed by atoms with Crippen molar-refractivity contribution in [1.29, 1.82) is 0 Å². The molecule has 2 aliphatic heterocycles. The maximum atomic E-state index is 11.3. The number of fused-ring (bicyclic) bond motifs is 1. The first-order valence-electron chi connectivity index (χ1n) is 6.95. The Morgan fingerprint density at radius 1 is 1.48 bits per heavy atom. The molecular formula is C14H18N2O5. The fourth-order valence-corrected chi connectivity index (χ4v) is 2.95. The molecule has 3 rings (SSSR count). The van der Waals surface area contributed by atoms with Gasteiger partial charge in [-0.25, -0.2) is 0 Å². The maximum absolute atomic E-state index is 11.3. The van der Waals surface area contributed by atoms with E-state index in [4.69, 9.17) is 9.47 Å². The Kier molecular flexibility index (Phi) is 3.46. The molecule has 114 valence electrons. The molecule has 1 aromatic rings. The minimum absolute atomic E-state index is 0.392. The number of ether oxygens (including phenoxy) is 2. The number of anilines is 1. The minimum Gasteiger partial charge on any atom is -0.477 e. The van der Waals surface area contributed by atoms with Gasteiger partial charge in [-0.05, 0) is 19.1 Å². The van der Waals surface area contributed by atoms with E-state index >= 15 is 0 Å². The van der Waals surface area contributed by atoms with Gasteiger partial charge in [0.2, 0.25) is 5.60 Å². The summed E-state index contributed by atoms with van der Waals surface area (Å²) in [5.74, 6) is 0.484. The highest BCUT2D eigenvalue weighted by Crippen LogP contribution is 2.46. The van der Waals surface area contributed by atoms with Gasteiger partial charge in [0, 0.05) is 29.8 Å². The first kappa shape index (κ1) is 14.1. The first-order chi connectivity index (χ1) is 10.0. The average Bonchev–Trinajstić information content (AvgIpc) is 2.80. The second-order valence-electron chi connectivity index (χ2n) is 5.58. The highest BCUT2D eigenvalue weighted by molar-refractivity contribution is 5.56. The van der Waals surface area contributed by atoms with Gasteiger partial charge in [0.05, 0.1) is 25.4 Å². The zero-order valence-electron chi connectivity index (χ0n) is 11.8. The molecular weight excluding hydrogens is 276 g/mol. The van der Waals surface area contributed by atoms with E-state index in [-0.39, 0.29) is 0 Å². The lowest BCUT2D eigenvalue weighted by atomic mass is 9.94. The molecule has 2 aliphatic rings. The van der Waals surface area contributed by atoms with Crippen LogP contribution in [0.4, 0.5) is 5.69 Å². The molecule has 1 aromatic carbocycles. The van der Waals surface area contributed by atoms with Crippen LogP contribution in [-0.2, 0) is 4.74 Å². The predicted octanol–water partition coefficient (Wildman–Crippen LogP) is 0.984. The number of nitro groups is 1. The summed E-state index contributed by atoms with van der Waals surface area (Å²) in [6.45, 7) is 4.08. The van der Waals surface area contributed by atoms with Crippen LogP contribution >= 0.6 is 0 Å². The Hall–Kier alpha value is -1.86. The van der Waals surface area contributed by atoms with Crippen LogP contribution in [0.3, 0.4) is 0 Å². The van der Waals surface area contributed by atoms with Crippen molar-refractivity contribution < 1.29 is 19.5 Å². The van der Waals surface area contributed by atoms with Crippen LogP contribution in [0.5, 0.6) is 5.75 Å². The fraction of sp³-hybridized carbons (Fsp3) is 0.571.